The summed E-state index contributed by atoms with van der Waals surface area (Å²) < 4.78 is 0. The van der Waals surface area contributed by atoms with Gasteiger partial charge in [0.15, 0.2) is 0 Å². The number of likely N-dealkylation sites (tertiary alicyclic amines) is 1. The third-order valence-corrected chi connectivity index (χ3v) is 4.34. The number of carbonyl (C=O) groups excluding carboxylic acids is 1. The van der Waals surface area contributed by atoms with E-state index in [0.717, 1.165) is 25.9 Å². The second-order valence-electron chi connectivity index (χ2n) is 5.32. The molecule has 2 heterocycles. The molecule has 3 nitrogen and oxygen atoms in total. The molecule has 0 unspecified atom stereocenters. The first kappa shape index (κ1) is 14.1. The van der Waals surface area contributed by atoms with E-state index in [0.29, 0.717) is 11.5 Å². The van der Waals surface area contributed by atoms with E-state index in [1.54, 1.807) is 18.3 Å². The van der Waals surface area contributed by atoms with Crippen molar-refractivity contribution in [2.24, 2.45) is 0 Å². The zero-order valence-corrected chi connectivity index (χ0v) is 12.5. The number of aromatic nitrogens is 1. The Balaban J connectivity index is 1.66. The molecule has 0 aliphatic carbocycles. The average Bonchev–Trinajstić information content (AvgIpc) is 2.56. The highest BCUT2D eigenvalue weighted by atomic mass is 35.5. The zero-order chi connectivity index (χ0) is 14.7. The highest BCUT2D eigenvalue weighted by Crippen LogP contribution is 2.28. The van der Waals surface area contributed by atoms with Gasteiger partial charge in [0.25, 0.3) is 5.91 Å². The van der Waals surface area contributed by atoms with Crippen LogP contribution in [0.5, 0.6) is 0 Å². The van der Waals surface area contributed by atoms with Crippen LogP contribution in [0.25, 0.3) is 0 Å². The summed E-state index contributed by atoms with van der Waals surface area (Å²) in [6, 6.07) is 14.0. The number of amides is 1. The van der Waals surface area contributed by atoms with Gasteiger partial charge in [0.2, 0.25) is 0 Å². The topological polar surface area (TPSA) is 33.2 Å². The van der Waals surface area contributed by atoms with Crippen molar-refractivity contribution in [3.05, 3.63) is 64.9 Å². The number of rotatable bonds is 2. The Morgan fingerprint density at radius 3 is 2.48 bits per heavy atom. The smallest absolute Gasteiger partial charge is 0.256 e. The van der Waals surface area contributed by atoms with Crippen molar-refractivity contribution < 1.29 is 4.79 Å². The second kappa shape index (κ2) is 6.27. The quantitative estimate of drug-likeness (QED) is 0.791. The Hall–Kier alpha value is -1.87. The molecule has 0 radical (unpaired) electrons. The maximum Gasteiger partial charge on any atom is 0.256 e. The Morgan fingerprint density at radius 1 is 1.10 bits per heavy atom. The molecule has 0 N–H and O–H groups in total. The molecule has 2 aromatic rings. The summed E-state index contributed by atoms with van der Waals surface area (Å²) in [5.74, 6) is 0.527. The van der Waals surface area contributed by atoms with Crippen molar-refractivity contribution >= 4 is 17.5 Å². The number of halogens is 1. The molecular formula is C17H17ClN2O. The van der Waals surface area contributed by atoms with Crippen LogP contribution >= 0.6 is 11.6 Å². The molecule has 3 rings (SSSR count). The predicted octanol–water partition coefficient (Wildman–Crippen LogP) is 3.75. The third-order valence-electron chi connectivity index (χ3n) is 4.04. The van der Waals surface area contributed by atoms with Crippen molar-refractivity contribution in [2.45, 2.75) is 18.8 Å². The minimum atomic E-state index is -0.0142. The monoisotopic (exact) mass is 300 g/mol. The van der Waals surface area contributed by atoms with Gasteiger partial charge in [0.1, 0.15) is 5.15 Å². The molecule has 1 fully saturated rings. The minimum absolute atomic E-state index is 0.0142. The molecule has 4 heteroatoms. The average molecular weight is 301 g/mol. The van der Waals surface area contributed by atoms with E-state index in [4.69, 9.17) is 11.6 Å². The molecule has 1 aliphatic rings. The molecule has 1 aromatic heterocycles. The van der Waals surface area contributed by atoms with Crippen LogP contribution in [0.15, 0.2) is 48.7 Å². The number of piperidine rings is 1. The van der Waals surface area contributed by atoms with Gasteiger partial charge in [-0.1, -0.05) is 41.9 Å². The van der Waals surface area contributed by atoms with Gasteiger partial charge in [-0.05, 0) is 36.5 Å². The fourth-order valence-electron chi connectivity index (χ4n) is 2.86. The lowest BCUT2D eigenvalue weighted by atomic mass is 9.89. The van der Waals surface area contributed by atoms with E-state index < -0.39 is 0 Å². The number of pyridine rings is 1. The highest BCUT2D eigenvalue weighted by molar-refractivity contribution is 6.32. The maximum atomic E-state index is 12.5. The van der Waals surface area contributed by atoms with Crippen LogP contribution in [-0.2, 0) is 0 Å². The number of benzene rings is 1. The van der Waals surface area contributed by atoms with Gasteiger partial charge < -0.3 is 4.90 Å². The van der Waals surface area contributed by atoms with E-state index in [1.807, 2.05) is 11.0 Å². The Morgan fingerprint density at radius 2 is 1.81 bits per heavy atom. The highest BCUT2D eigenvalue weighted by Gasteiger charge is 2.25. The molecule has 0 atom stereocenters. The lowest BCUT2D eigenvalue weighted by Gasteiger charge is -2.32. The summed E-state index contributed by atoms with van der Waals surface area (Å²) in [4.78, 5) is 18.3. The molecule has 0 spiro atoms. The van der Waals surface area contributed by atoms with Crippen molar-refractivity contribution in [1.82, 2.24) is 9.88 Å². The van der Waals surface area contributed by atoms with Crippen molar-refractivity contribution in [3.8, 4) is 0 Å². The van der Waals surface area contributed by atoms with Gasteiger partial charge in [-0.3, -0.25) is 4.79 Å². The number of hydrogen-bond acceptors (Lipinski definition) is 2. The maximum absolute atomic E-state index is 12.5. The third kappa shape index (κ3) is 3.08. The van der Waals surface area contributed by atoms with Crippen LogP contribution < -0.4 is 0 Å². The van der Waals surface area contributed by atoms with Crippen LogP contribution in [0, 0.1) is 0 Å². The fourth-order valence-corrected chi connectivity index (χ4v) is 3.06. The van der Waals surface area contributed by atoms with Gasteiger partial charge >= 0.3 is 0 Å². The molecule has 0 saturated carbocycles. The van der Waals surface area contributed by atoms with E-state index in [-0.39, 0.29) is 11.1 Å². The zero-order valence-electron chi connectivity index (χ0n) is 11.7. The molecule has 1 saturated heterocycles. The van der Waals surface area contributed by atoms with E-state index in [2.05, 4.69) is 29.2 Å². The molecule has 1 aliphatic heterocycles. The summed E-state index contributed by atoms with van der Waals surface area (Å²) in [6.07, 6.45) is 3.59. The Bertz CT molecular complexity index is 622. The van der Waals surface area contributed by atoms with Crippen LogP contribution in [0.4, 0.5) is 0 Å². The van der Waals surface area contributed by atoms with Crippen molar-refractivity contribution in [3.63, 3.8) is 0 Å². The number of hydrogen-bond donors (Lipinski definition) is 0. The second-order valence-corrected chi connectivity index (χ2v) is 5.68. The first-order valence-corrected chi connectivity index (χ1v) is 7.58. The Labute approximate surface area is 129 Å². The van der Waals surface area contributed by atoms with Gasteiger partial charge in [-0.15, -0.1) is 0 Å². The normalized spacial score (nSPS) is 16.0. The van der Waals surface area contributed by atoms with Gasteiger partial charge in [-0.25, -0.2) is 4.98 Å². The van der Waals surface area contributed by atoms with Crippen molar-refractivity contribution in [2.75, 3.05) is 13.1 Å². The standard InChI is InChI=1S/C17H17ClN2O/c18-16-15(7-4-10-19-16)17(21)20-11-8-14(9-12-20)13-5-2-1-3-6-13/h1-7,10,14H,8-9,11-12H2. The summed E-state index contributed by atoms with van der Waals surface area (Å²) in [6.45, 7) is 1.53. The predicted molar refractivity (Wildman–Crippen MR) is 83.6 cm³/mol. The van der Waals surface area contributed by atoms with Crippen LogP contribution in [0.3, 0.4) is 0 Å². The molecule has 1 aromatic carbocycles. The van der Waals surface area contributed by atoms with Crippen molar-refractivity contribution in [1.29, 1.82) is 0 Å². The van der Waals surface area contributed by atoms with E-state index in [1.165, 1.54) is 5.56 Å². The summed E-state index contributed by atoms with van der Waals surface area (Å²) in [5.41, 5.74) is 1.86. The van der Waals surface area contributed by atoms with Gasteiger partial charge in [0.05, 0.1) is 5.56 Å². The van der Waals surface area contributed by atoms with E-state index in [9.17, 15) is 4.79 Å². The lowest BCUT2D eigenvalue weighted by molar-refractivity contribution is 0.0713. The molecule has 1 amide bonds. The summed E-state index contributed by atoms with van der Waals surface area (Å²) in [7, 11) is 0. The van der Waals surface area contributed by atoms with E-state index >= 15 is 0 Å². The van der Waals surface area contributed by atoms with Gasteiger partial charge in [0, 0.05) is 19.3 Å². The van der Waals surface area contributed by atoms with Gasteiger partial charge in [-0.2, -0.15) is 0 Å². The minimum Gasteiger partial charge on any atom is -0.339 e. The largest absolute Gasteiger partial charge is 0.339 e. The number of nitrogens with zero attached hydrogens (tertiary/aromatic N) is 2. The molecule has 108 valence electrons. The number of carbonyl (C=O) groups is 1. The Kier molecular flexibility index (Phi) is 4.20. The lowest BCUT2D eigenvalue weighted by Crippen LogP contribution is -2.38. The first-order valence-electron chi connectivity index (χ1n) is 7.20. The van der Waals surface area contributed by atoms with Crippen LogP contribution in [0.1, 0.15) is 34.7 Å². The summed E-state index contributed by atoms with van der Waals surface area (Å²) in [5, 5.41) is 0.285. The fraction of sp³-hybridized carbons (Fsp3) is 0.294. The van der Waals surface area contributed by atoms with Crippen LogP contribution in [-0.4, -0.2) is 28.9 Å². The molecular weight excluding hydrogens is 284 g/mol. The summed E-state index contributed by atoms with van der Waals surface area (Å²) >= 11 is 6.00. The molecule has 21 heavy (non-hydrogen) atoms. The first-order chi connectivity index (χ1) is 10.3. The molecule has 0 bridgehead atoms. The van der Waals surface area contributed by atoms with Crippen LogP contribution in [0.2, 0.25) is 5.15 Å². The SMILES string of the molecule is O=C(c1cccnc1Cl)N1CCC(c2ccccc2)CC1.